The van der Waals surface area contributed by atoms with Crippen molar-refractivity contribution in [2.75, 3.05) is 19.6 Å². The molecule has 112 valence electrons. The van der Waals surface area contributed by atoms with Crippen LogP contribution in [0.25, 0.3) is 0 Å². The fourth-order valence-corrected chi connectivity index (χ4v) is 3.11. The summed E-state index contributed by atoms with van der Waals surface area (Å²) in [5.41, 5.74) is 1.05. The second kappa shape index (κ2) is 6.13. The van der Waals surface area contributed by atoms with Gasteiger partial charge in [0.05, 0.1) is 0 Å². The first kappa shape index (κ1) is 15.3. The van der Waals surface area contributed by atoms with Gasteiger partial charge < -0.3 is 9.47 Å². The molecule has 1 fully saturated rings. The van der Waals surface area contributed by atoms with Gasteiger partial charge in [0.1, 0.15) is 0 Å². The molecule has 0 N–H and O–H groups in total. The molecule has 3 nitrogen and oxygen atoms in total. The number of piperidine rings is 1. The highest BCUT2D eigenvalue weighted by atomic mass is 16.1. The van der Waals surface area contributed by atoms with Crippen molar-refractivity contribution >= 4 is 0 Å². The van der Waals surface area contributed by atoms with Crippen LogP contribution in [0.15, 0.2) is 23.1 Å². The molecule has 0 spiro atoms. The lowest BCUT2D eigenvalue weighted by Crippen LogP contribution is -2.39. The average molecular weight is 276 g/mol. The molecule has 0 atom stereocenters. The Balaban J connectivity index is 2.17. The van der Waals surface area contributed by atoms with Crippen LogP contribution < -0.4 is 5.56 Å². The van der Waals surface area contributed by atoms with Gasteiger partial charge in [-0.2, -0.15) is 0 Å². The molecule has 20 heavy (non-hydrogen) atoms. The predicted octanol–water partition coefficient (Wildman–Crippen LogP) is 3.19. The van der Waals surface area contributed by atoms with Crippen LogP contribution in [0.2, 0.25) is 0 Å². The molecule has 1 aromatic heterocycles. The van der Waals surface area contributed by atoms with Gasteiger partial charge in [0.25, 0.3) is 5.56 Å². The molecule has 0 bridgehead atoms. The van der Waals surface area contributed by atoms with E-state index >= 15 is 0 Å². The van der Waals surface area contributed by atoms with Gasteiger partial charge in [-0.15, -0.1) is 0 Å². The molecule has 2 rings (SSSR count). The zero-order valence-electron chi connectivity index (χ0n) is 13.4. The van der Waals surface area contributed by atoms with E-state index in [2.05, 4.69) is 32.6 Å². The molecule has 3 heteroatoms. The van der Waals surface area contributed by atoms with E-state index in [1.54, 1.807) is 0 Å². The Morgan fingerprint density at radius 1 is 1.25 bits per heavy atom. The highest BCUT2D eigenvalue weighted by Crippen LogP contribution is 2.23. The summed E-state index contributed by atoms with van der Waals surface area (Å²) in [6.07, 6.45) is 5.36. The average Bonchev–Trinajstić information content (AvgIpc) is 2.39. The lowest BCUT2D eigenvalue weighted by Gasteiger charge is -2.33. The van der Waals surface area contributed by atoms with E-state index in [0.29, 0.717) is 6.04 Å². The van der Waals surface area contributed by atoms with Gasteiger partial charge in [-0.1, -0.05) is 33.8 Å². The van der Waals surface area contributed by atoms with Gasteiger partial charge in [0.15, 0.2) is 0 Å². The van der Waals surface area contributed by atoms with Gasteiger partial charge in [-0.05, 0) is 37.3 Å². The summed E-state index contributed by atoms with van der Waals surface area (Å²) in [7, 11) is 0. The van der Waals surface area contributed by atoms with Crippen molar-refractivity contribution < 1.29 is 0 Å². The van der Waals surface area contributed by atoms with E-state index in [1.807, 2.05) is 22.9 Å². The molecular weight excluding hydrogens is 248 g/mol. The van der Waals surface area contributed by atoms with E-state index in [1.165, 1.54) is 13.0 Å². The van der Waals surface area contributed by atoms with E-state index in [4.69, 9.17) is 0 Å². The van der Waals surface area contributed by atoms with Crippen molar-refractivity contribution in [1.29, 1.82) is 0 Å². The zero-order valence-corrected chi connectivity index (χ0v) is 13.4. The molecule has 0 unspecified atom stereocenters. The fraction of sp³-hybridized carbons (Fsp3) is 0.706. The number of hydrogen-bond donors (Lipinski definition) is 0. The minimum absolute atomic E-state index is 0.0804. The van der Waals surface area contributed by atoms with Gasteiger partial charge in [0.2, 0.25) is 0 Å². The quantitative estimate of drug-likeness (QED) is 0.847. The predicted molar refractivity (Wildman–Crippen MR) is 84.4 cm³/mol. The van der Waals surface area contributed by atoms with Crippen molar-refractivity contribution in [2.24, 2.45) is 0 Å². The van der Waals surface area contributed by atoms with Crippen LogP contribution in [-0.4, -0.2) is 29.1 Å². The van der Waals surface area contributed by atoms with Crippen LogP contribution in [0.3, 0.4) is 0 Å². The first-order chi connectivity index (χ1) is 9.43. The summed E-state index contributed by atoms with van der Waals surface area (Å²) >= 11 is 0. The van der Waals surface area contributed by atoms with Gasteiger partial charge >= 0.3 is 0 Å². The summed E-state index contributed by atoms with van der Waals surface area (Å²) in [4.78, 5) is 15.2. The third kappa shape index (κ3) is 3.32. The van der Waals surface area contributed by atoms with Crippen LogP contribution in [0, 0.1) is 0 Å². The maximum atomic E-state index is 12.7. The molecule has 1 aliphatic heterocycles. The number of hydrogen-bond acceptors (Lipinski definition) is 2. The summed E-state index contributed by atoms with van der Waals surface area (Å²) in [5, 5.41) is 0. The monoisotopic (exact) mass is 276 g/mol. The third-order valence-electron chi connectivity index (χ3n) is 4.27. The molecule has 1 aliphatic rings. The Bertz CT molecular complexity index is 490. The normalized spacial score (nSPS) is 18.4. The van der Waals surface area contributed by atoms with E-state index < -0.39 is 0 Å². The Kier molecular flexibility index (Phi) is 4.69. The van der Waals surface area contributed by atoms with E-state index in [0.717, 1.165) is 31.5 Å². The van der Waals surface area contributed by atoms with E-state index in [9.17, 15) is 4.79 Å². The number of aromatic nitrogens is 1. The zero-order chi connectivity index (χ0) is 14.8. The second-order valence-electron chi connectivity index (χ2n) is 6.96. The minimum atomic E-state index is -0.0804. The molecular formula is C17H28N2O. The van der Waals surface area contributed by atoms with Gasteiger partial charge in [0, 0.05) is 30.9 Å². The maximum Gasteiger partial charge on any atom is 0.254 e. The van der Waals surface area contributed by atoms with Crippen molar-refractivity contribution in [3.8, 4) is 0 Å². The summed E-state index contributed by atoms with van der Waals surface area (Å²) in [6.45, 7) is 12.0. The topological polar surface area (TPSA) is 25.2 Å². The van der Waals surface area contributed by atoms with Crippen molar-refractivity contribution in [3.05, 3.63) is 34.2 Å². The van der Waals surface area contributed by atoms with E-state index in [-0.39, 0.29) is 11.0 Å². The second-order valence-corrected chi connectivity index (χ2v) is 6.96. The summed E-state index contributed by atoms with van der Waals surface area (Å²) in [5.74, 6) is 0. The highest BCUT2D eigenvalue weighted by molar-refractivity contribution is 5.19. The number of nitrogens with zero attached hydrogens (tertiary/aromatic N) is 2. The number of likely N-dealkylation sites (tertiary alicyclic amines) is 1. The lowest BCUT2D eigenvalue weighted by molar-refractivity contribution is 0.184. The third-order valence-corrected chi connectivity index (χ3v) is 4.27. The van der Waals surface area contributed by atoms with Crippen LogP contribution in [0.4, 0.5) is 0 Å². The number of rotatable bonds is 3. The Hall–Kier alpha value is -1.09. The molecule has 0 aliphatic carbocycles. The van der Waals surface area contributed by atoms with Crippen LogP contribution in [0.1, 0.15) is 58.6 Å². The summed E-state index contributed by atoms with van der Waals surface area (Å²) < 4.78 is 1.98. The largest absolute Gasteiger partial charge is 0.312 e. The smallest absolute Gasteiger partial charge is 0.254 e. The van der Waals surface area contributed by atoms with Crippen LogP contribution in [0.5, 0.6) is 0 Å². The van der Waals surface area contributed by atoms with Crippen molar-refractivity contribution in [2.45, 2.75) is 58.4 Å². The maximum absolute atomic E-state index is 12.7. The molecule has 0 amide bonds. The highest BCUT2D eigenvalue weighted by Gasteiger charge is 2.24. The minimum Gasteiger partial charge on any atom is -0.312 e. The summed E-state index contributed by atoms with van der Waals surface area (Å²) in [6, 6.07) is 4.38. The molecule has 0 aromatic carbocycles. The van der Waals surface area contributed by atoms with Crippen molar-refractivity contribution in [1.82, 2.24) is 9.47 Å². The van der Waals surface area contributed by atoms with Gasteiger partial charge in [-0.25, -0.2) is 0 Å². The fourth-order valence-electron chi connectivity index (χ4n) is 3.11. The lowest BCUT2D eigenvalue weighted by atomic mass is 9.88. The molecule has 1 aromatic rings. The van der Waals surface area contributed by atoms with Gasteiger partial charge in [-0.3, -0.25) is 4.79 Å². The molecule has 0 saturated carbocycles. The van der Waals surface area contributed by atoms with Crippen molar-refractivity contribution in [3.63, 3.8) is 0 Å². The Morgan fingerprint density at radius 3 is 2.45 bits per heavy atom. The first-order valence-corrected chi connectivity index (χ1v) is 7.87. The van der Waals surface area contributed by atoms with Crippen LogP contribution in [-0.2, 0) is 5.41 Å². The number of pyridine rings is 1. The SMILES string of the molecule is CCCN1CCC(n2cccc(C(C)(C)C)c2=O)CC1. The Labute approximate surface area is 122 Å². The first-order valence-electron chi connectivity index (χ1n) is 7.87. The molecule has 0 radical (unpaired) electrons. The van der Waals surface area contributed by atoms with Crippen LogP contribution >= 0.6 is 0 Å². The Morgan fingerprint density at radius 2 is 1.90 bits per heavy atom. The standard InChI is InChI=1S/C17H28N2O/c1-5-10-18-12-8-14(9-13-18)19-11-6-7-15(16(19)20)17(2,3)4/h6-7,11,14H,5,8-10,12-13H2,1-4H3. The molecule has 2 heterocycles. The molecule has 1 saturated heterocycles.